The molecule has 1 aliphatic heterocycles. The number of carbonyl (C=O) groups is 2. The fourth-order valence-corrected chi connectivity index (χ4v) is 4.40. The van der Waals surface area contributed by atoms with Crippen LogP contribution in [-0.2, 0) is 29.9 Å². The van der Waals surface area contributed by atoms with Gasteiger partial charge in [-0.15, -0.1) is 0 Å². The normalized spacial score (nSPS) is 14.2. The lowest BCUT2D eigenvalue weighted by Gasteiger charge is -2.22. The van der Waals surface area contributed by atoms with Crippen LogP contribution in [-0.4, -0.2) is 47.0 Å². The molecule has 1 atom stereocenters. The molecule has 2 N–H and O–H groups in total. The van der Waals surface area contributed by atoms with Crippen molar-refractivity contribution in [2.45, 2.75) is 38.2 Å². The first kappa shape index (κ1) is 28.0. The Kier molecular flexibility index (Phi) is 7.64. The molecular weight excluding hydrogens is 527 g/mol. The minimum Gasteiger partial charge on any atom is -0.465 e. The summed E-state index contributed by atoms with van der Waals surface area (Å²) in [5.41, 5.74) is -1.30. The van der Waals surface area contributed by atoms with Crippen LogP contribution in [0.15, 0.2) is 48.5 Å². The number of hydrogen-bond acceptors (Lipinski definition) is 6. The van der Waals surface area contributed by atoms with Crippen molar-refractivity contribution in [1.29, 1.82) is 0 Å². The molecule has 4 rings (SSSR count). The summed E-state index contributed by atoms with van der Waals surface area (Å²) in [6.07, 6.45) is -4.93. The quantitative estimate of drug-likeness (QED) is 0.320. The van der Waals surface area contributed by atoms with E-state index in [1.165, 1.54) is 42.3 Å². The molecule has 0 saturated carbocycles. The summed E-state index contributed by atoms with van der Waals surface area (Å²) in [5.74, 6) is -5.13. The van der Waals surface area contributed by atoms with Gasteiger partial charge < -0.3 is 20.1 Å². The van der Waals surface area contributed by atoms with Crippen molar-refractivity contribution < 1.29 is 41.4 Å². The number of anilines is 1. The fraction of sp³-hybridized carbons (Fsp3) is 0.346. The largest absolute Gasteiger partial charge is 0.465 e. The highest BCUT2D eigenvalue weighted by Gasteiger charge is 2.44. The number of fused-ring (bicyclic) bond motifs is 1. The van der Waals surface area contributed by atoms with Crippen molar-refractivity contribution in [2.75, 3.05) is 25.2 Å². The first-order valence-electron chi connectivity index (χ1n) is 11.9. The van der Waals surface area contributed by atoms with Gasteiger partial charge in [0.05, 0.1) is 25.3 Å². The number of amides is 1. The molecular formula is C26H25F5N4O4. The predicted molar refractivity (Wildman–Crippen MR) is 129 cm³/mol. The lowest BCUT2D eigenvalue weighted by atomic mass is 10.0. The molecule has 8 nitrogen and oxygen atoms in total. The van der Waals surface area contributed by atoms with Crippen LogP contribution in [0.5, 0.6) is 0 Å². The number of aliphatic hydroxyl groups is 1. The topological polar surface area (TPSA) is 96.7 Å². The molecule has 0 aliphatic carbocycles. The first-order chi connectivity index (χ1) is 18.4. The third-order valence-electron chi connectivity index (χ3n) is 6.40. The number of nitrogens with one attached hydrogen (secondary N) is 1. The number of methoxy groups -OCH3 is 1. The van der Waals surface area contributed by atoms with E-state index in [0.717, 1.165) is 10.7 Å². The first-order valence-corrected chi connectivity index (χ1v) is 11.9. The summed E-state index contributed by atoms with van der Waals surface area (Å²) in [5, 5.41) is 15.2. The van der Waals surface area contributed by atoms with Crippen LogP contribution in [0.3, 0.4) is 0 Å². The Bertz CT molecular complexity index is 1370. The summed E-state index contributed by atoms with van der Waals surface area (Å²) in [7, 11) is 1.23. The van der Waals surface area contributed by atoms with Crippen molar-refractivity contribution in [2.24, 2.45) is 0 Å². The third-order valence-corrected chi connectivity index (χ3v) is 6.40. The Morgan fingerprint density at radius 1 is 1.10 bits per heavy atom. The van der Waals surface area contributed by atoms with Crippen LogP contribution >= 0.6 is 0 Å². The average molecular weight is 553 g/mol. The Labute approximate surface area is 220 Å². The Morgan fingerprint density at radius 2 is 1.79 bits per heavy atom. The minimum atomic E-state index is -4.93. The van der Waals surface area contributed by atoms with Gasteiger partial charge >= 0.3 is 12.1 Å². The van der Waals surface area contributed by atoms with Gasteiger partial charge in [-0.3, -0.25) is 4.79 Å². The van der Waals surface area contributed by atoms with Gasteiger partial charge in [0.15, 0.2) is 5.69 Å². The molecule has 1 unspecified atom stereocenters. The van der Waals surface area contributed by atoms with E-state index in [9.17, 15) is 31.5 Å². The minimum absolute atomic E-state index is 0.0583. The van der Waals surface area contributed by atoms with E-state index in [0.29, 0.717) is 11.1 Å². The number of aliphatic hydroxyl groups excluding tert-OH is 1. The smallest absolute Gasteiger partial charge is 0.436 e. The zero-order valence-electron chi connectivity index (χ0n) is 20.9. The molecule has 1 aliphatic rings. The van der Waals surface area contributed by atoms with Gasteiger partial charge in [0, 0.05) is 18.7 Å². The second kappa shape index (κ2) is 10.6. The number of carbonyl (C=O) groups excluding carboxylic acids is 2. The molecule has 2 aromatic carbocycles. The number of benzene rings is 2. The van der Waals surface area contributed by atoms with E-state index in [4.69, 9.17) is 5.11 Å². The SMILES string of the molecule is COC(=O)c1ccc(C(C)NC(=O)c2c(C(F)(F)F)nn3c2N(Cc2cccc(C(F)(F)CO)c2)CC3)cc1. The second-order valence-electron chi connectivity index (χ2n) is 9.06. The number of aromatic nitrogens is 2. The van der Waals surface area contributed by atoms with E-state index in [1.807, 2.05) is 0 Å². The number of ether oxygens (including phenoxy) is 1. The van der Waals surface area contributed by atoms with E-state index < -0.39 is 53.4 Å². The van der Waals surface area contributed by atoms with Crippen LogP contribution in [0.1, 0.15) is 56.1 Å². The van der Waals surface area contributed by atoms with Crippen molar-refractivity contribution in [3.05, 3.63) is 82.0 Å². The van der Waals surface area contributed by atoms with Crippen molar-refractivity contribution in [3.8, 4) is 0 Å². The van der Waals surface area contributed by atoms with Gasteiger partial charge in [-0.2, -0.15) is 27.1 Å². The van der Waals surface area contributed by atoms with Crippen LogP contribution in [0.2, 0.25) is 0 Å². The zero-order chi connectivity index (χ0) is 28.5. The molecule has 0 saturated heterocycles. The summed E-state index contributed by atoms with van der Waals surface area (Å²) >= 11 is 0. The summed E-state index contributed by atoms with van der Waals surface area (Å²) < 4.78 is 75.5. The lowest BCUT2D eigenvalue weighted by Crippen LogP contribution is -2.31. The fourth-order valence-electron chi connectivity index (χ4n) is 4.40. The van der Waals surface area contributed by atoms with Crippen molar-refractivity contribution in [3.63, 3.8) is 0 Å². The molecule has 13 heteroatoms. The predicted octanol–water partition coefficient (Wildman–Crippen LogP) is 4.28. The van der Waals surface area contributed by atoms with E-state index >= 15 is 0 Å². The highest BCUT2D eigenvalue weighted by Crippen LogP contribution is 2.39. The number of halogens is 5. The summed E-state index contributed by atoms with van der Waals surface area (Å²) in [6, 6.07) is 10.5. The van der Waals surface area contributed by atoms with Gasteiger partial charge in [-0.25, -0.2) is 9.48 Å². The molecule has 3 aromatic rings. The van der Waals surface area contributed by atoms with Crippen LogP contribution < -0.4 is 10.2 Å². The molecule has 0 bridgehead atoms. The maximum absolute atomic E-state index is 14.0. The Morgan fingerprint density at radius 3 is 2.41 bits per heavy atom. The van der Waals surface area contributed by atoms with E-state index in [2.05, 4.69) is 15.2 Å². The maximum atomic E-state index is 14.0. The molecule has 208 valence electrons. The van der Waals surface area contributed by atoms with Crippen molar-refractivity contribution in [1.82, 2.24) is 15.1 Å². The van der Waals surface area contributed by atoms with Gasteiger partial charge in [-0.1, -0.05) is 30.3 Å². The highest BCUT2D eigenvalue weighted by molar-refractivity contribution is 6.01. The van der Waals surface area contributed by atoms with Gasteiger partial charge in [0.1, 0.15) is 18.0 Å². The van der Waals surface area contributed by atoms with Crippen LogP contribution in [0, 0.1) is 0 Å². The second-order valence-corrected chi connectivity index (χ2v) is 9.06. The van der Waals surface area contributed by atoms with Gasteiger partial charge in [0.25, 0.3) is 11.8 Å². The van der Waals surface area contributed by atoms with E-state index in [1.54, 1.807) is 19.1 Å². The average Bonchev–Trinajstić information content (AvgIpc) is 3.48. The van der Waals surface area contributed by atoms with E-state index in [-0.39, 0.29) is 31.0 Å². The molecule has 39 heavy (non-hydrogen) atoms. The molecule has 0 spiro atoms. The summed E-state index contributed by atoms with van der Waals surface area (Å²) in [4.78, 5) is 26.4. The number of alkyl halides is 5. The molecule has 2 heterocycles. The van der Waals surface area contributed by atoms with Crippen LogP contribution in [0.25, 0.3) is 0 Å². The lowest BCUT2D eigenvalue weighted by molar-refractivity contribution is -0.141. The van der Waals surface area contributed by atoms with Gasteiger partial charge in [0.2, 0.25) is 0 Å². The zero-order valence-corrected chi connectivity index (χ0v) is 20.9. The number of nitrogens with zero attached hydrogens (tertiary/aromatic N) is 3. The van der Waals surface area contributed by atoms with Gasteiger partial charge in [-0.05, 0) is 36.2 Å². The Hall–Kier alpha value is -4.00. The molecule has 0 radical (unpaired) electrons. The van der Waals surface area contributed by atoms with Crippen LogP contribution in [0.4, 0.5) is 27.8 Å². The molecule has 1 aromatic heterocycles. The maximum Gasteiger partial charge on any atom is 0.436 e. The third kappa shape index (κ3) is 5.72. The summed E-state index contributed by atoms with van der Waals surface area (Å²) in [6.45, 7) is 0.375. The number of hydrogen-bond donors (Lipinski definition) is 2. The number of rotatable bonds is 8. The molecule has 0 fully saturated rings. The van der Waals surface area contributed by atoms with Crippen molar-refractivity contribution >= 4 is 17.7 Å². The standard InChI is InChI=1S/C26H25F5N4O4/c1-15(17-6-8-18(9-7-17)24(38)39-2)32-22(37)20-21(26(29,30)31)33-35-11-10-34(23(20)35)13-16-4-3-5-19(12-16)25(27,28)14-36/h3-9,12,15,36H,10-11,13-14H2,1-2H3,(H,32,37). The molecule has 1 amide bonds. The highest BCUT2D eigenvalue weighted by atomic mass is 19.4. The monoisotopic (exact) mass is 552 g/mol. The number of esters is 1. The Balaban J connectivity index is 1.63.